The molecule has 31 heavy (non-hydrogen) atoms. The Bertz CT molecular complexity index is 914. The first-order valence-corrected chi connectivity index (χ1v) is 11.8. The first-order valence-electron chi connectivity index (χ1n) is 10.4. The van der Waals surface area contributed by atoms with Crippen LogP contribution in [0.3, 0.4) is 0 Å². The lowest BCUT2D eigenvalue weighted by atomic mass is 10.1. The molecule has 1 aliphatic heterocycles. The number of carbonyl (C=O) groups is 2. The number of piperazine rings is 1. The lowest BCUT2D eigenvalue weighted by Crippen LogP contribution is -2.54. The van der Waals surface area contributed by atoms with Gasteiger partial charge in [0.2, 0.25) is 11.8 Å². The fourth-order valence-corrected chi connectivity index (χ4v) is 4.48. The second-order valence-electron chi connectivity index (χ2n) is 7.56. The fourth-order valence-electron chi connectivity index (χ4n) is 3.59. The molecule has 1 aromatic carbocycles. The zero-order valence-electron chi connectivity index (χ0n) is 18.0. The van der Waals surface area contributed by atoms with Crippen molar-refractivity contribution in [3.63, 3.8) is 0 Å². The second kappa shape index (κ2) is 10.8. The quantitative estimate of drug-likeness (QED) is 0.386. The van der Waals surface area contributed by atoms with Crippen LogP contribution in [0.1, 0.15) is 38.8 Å². The van der Waals surface area contributed by atoms with Crippen LogP contribution in [0.25, 0.3) is 0 Å². The van der Waals surface area contributed by atoms with Gasteiger partial charge in [-0.05, 0) is 19.4 Å². The number of carbonyl (C=O) groups excluding carboxylic acids is 2. The minimum Gasteiger partial charge on any atom is -0.353 e. The van der Waals surface area contributed by atoms with Crippen molar-refractivity contribution in [2.24, 2.45) is 0 Å². The highest BCUT2D eigenvalue weighted by atomic mass is 35.5. The first kappa shape index (κ1) is 23.3. The van der Waals surface area contributed by atoms with Crippen LogP contribution in [0.2, 0.25) is 5.15 Å². The van der Waals surface area contributed by atoms with E-state index in [0.717, 1.165) is 11.4 Å². The van der Waals surface area contributed by atoms with Gasteiger partial charge in [-0.3, -0.25) is 9.59 Å². The predicted molar refractivity (Wildman–Crippen MR) is 124 cm³/mol. The highest BCUT2D eigenvalue weighted by Crippen LogP contribution is 2.24. The number of hydrogen-bond donors (Lipinski definition) is 1. The smallest absolute Gasteiger partial charge is 0.230 e. The van der Waals surface area contributed by atoms with Gasteiger partial charge in [0.15, 0.2) is 5.16 Å². The summed E-state index contributed by atoms with van der Waals surface area (Å²) in [4.78, 5) is 37.3. The minimum absolute atomic E-state index is 0.0752. The molecule has 166 valence electrons. The molecule has 2 heterocycles. The zero-order chi connectivity index (χ0) is 22.4. The van der Waals surface area contributed by atoms with Crippen molar-refractivity contribution >= 4 is 41.0 Å². The van der Waals surface area contributed by atoms with Crippen LogP contribution in [-0.4, -0.2) is 58.1 Å². The van der Waals surface area contributed by atoms with E-state index >= 15 is 0 Å². The third-order valence-corrected chi connectivity index (χ3v) is 6.29. The molecule has 1 fully saturated rings. The molecule has 2 unspecified atom stereocenters. The fraction of sp³-hybridized carbons (Fsp3) is 0.455. The van der Waals surface area contributed by atoms with Gasteiger partial charge in [0.25, 0.3) is 0 Å². The first-order chi connectivity index (χ1) is 14.9. The molecule has 1 N–H and O–H groups in total. The van der Waals surface area contributed by atoms with E-state index in [9.17, 15) is 9.59 Å². The molecule has 9 heteroatoms. The number of rotatable bonds is 7. The number of aromatic nitrogens is 2. The van der Waals surface area contributed by atoms with Crippen molar-refractivity contribution in [1.29, 1.82) is 0 Å². The van der Waals surface area contributed by atoms with Crippen LogP contribution >= 0.6 is 23.4 Å². The molecule has 1 aromatic heterocycles. The number of amides is 2. The van der Waals surface area contributed by atoms with E-state index < -0.39 is 0 Å². The van der Waals surface area contributed by atoms with E-state index in [-0.39, 0.29) is 29.7 Å². The molecule has 2 aromatic rings. The average Bonchev–Trinajstić information content (AvgIpc) is 2.77. The Morgan fingerprint density at radius 1 is 1.26 bits per heavy atom. The highest BCUT2D eigenvalue weighted by Gasteiger charge is 2.27. The Hall–Kier alpha value is -2.32. The van der Waals surface area contributed by atoms with Gasteiger partial charge in [-0.1, -0.05) is 60.6 Å². The molecule has 2 atom stereocenters. The monoisotopic (exact) mass is 461 g/mol. The van der Waals surface area contributed by atoms with Crippen LogP contribution in [0.5, 0.6) is 0 Å². The summed E-state index contributed by atoms with van der Waals surface area (Å²) in [6, 6.07) is 11.6. The van der Waals surface area contributed by atoms with Crippen LogP contribution in [0.15, 0.2) is 41.6 Å². The lowest BCUT2D eigenvalue weighted by molar-refractivity contribution is -0.133. The number of anilines is 1. The molecule has 0 saturated carbocycles. The van der Waals surface area contributed by atoms with E-state index in [0.29, 0.717) is 36.4 Å². The summed E-state index contributed by atoms with van der Waals surface area (Å²) in [7, 11) is 0. The Labute approximate surface area is 192 Å². The number of benzene rings is 1. The summed E-state index contributed by atoms with van der Waals surface area (Å²) < 4.78 is 0. The van der Waals surface area contributed by atoms with Crippen molar-refractivity contribution in [1.82, 2.24) is 20.2 Å². The standard InChI is InChI=1S/C22H28ClN5O2S/c1-4-21(30)28-11-10-27(13-15(28)2)19-12-18(23)25-22(26-19)31-14-20(29)24-16(3)17-8-6-5-7-9-17/h5-9,12,15-16H,4,10-11,13-14H2,1-3H3,(H,24,29). The Balaban J connectivity index is 1.58. The lowest BCUT2D eigenvalue weighted by Gasteiger charge is -2.40. The summed E-state index contributed by atoms with van der Waals surface area (Å²) in [5.41, 5.74) is 1.05. The normalized spacial score (nSPS) is 17.4. The largest absolute Gasteiger partial charge is 0.353 e. The van der Waals surface area contributed by atoms with E-state index in [4.69, 9.17) is 11.6 Å². The molecule has 0 bridgehead atoms. The molecular formula is C22H28ClN5O2S. The second-order valence-corrected chi connectivity index (χ2v) is 8.89. The van der Waals surface area contributed by atoms with Gasteiger partial charge in [-0.25, -0.2) is 9.97 Å². The van der Waals surface area contributed by atoms with E-state index in [1.54, 1.807) is 6.07 Å². The summed E-state index contributed by atoms with van der Waals surface area (Å²) in [6.07, 6.45) is 0.509. The van der Waals surface area contributed by atoms with Crippen LogP contribution in [0.4, 0.5) is 5.82 Å². The number of nitrogens with one attached hydrogen (secondary N) is 1. The van der Waals surface area contributed by atoms with E-state index in [2.05, 4.69) is 20.2 Å². The Morgan fingerprint density at radius 2 is 2.00 bits per heavy atom. The van der Waals surface area contributed by atoms with Crippen molar-refractivity contribution in [3.05, 3.63) is 47.1 Å². The van der Waals surface area contributed by atoms with Crippen molar-refractivity contribution in [2.75, 3.05) is 30.3 Å². The minimum atomic E-state index is -0.0909. The maximum absolute atomic E-state index is 12.4. The van der Waals surface area contributed by atoms with Gasteiger partial charge >= 0.3 is 0 Å². The third-order valence-electron chi connectivity index (χ3n) is 5.24. The average molecular weight is 462 g/mol. The van der Waals surface area contributed by atoms with Crippen LogP contribution < -0.4 is 10.2 Å². The van der Waals surface area contributed by atoms with Crippen LogP contribution in [0, 0.1) is 0 Å². The molecule has 3 rings (SSSR count). The maximum Gasteiger partial charge on any atom is 0.230 e. The number of halogens is 1. The summed E-state index contributed by atoms with van der Waals surface area (Å²) in [5, 5.41) is 3.79. The number of nitrogens with zero attached hydrogens (tertiary/aromatic N) is 4. The zero-order valence-corrected chi connectivity index (χ0v) is 19.6. The SMILES string of the molecule is CCC(=O)N1CCN(c2cc(Cl)nc(SCC(=O)NC(C)c3ccccc3)n2)CC1C. The molecule has 7 nitrogen and oxygen atoms in total. The van der Waals surface area contributed by atoms with Crippen molar-refractivity contribution < 1.29 is 9.59 Å². The molecular weight excluding hydrogens is 434 g/mol. The number of hydrogen-bond acceptors (Lipinski definition) is 6. The molecule has 0 aliphatic carbocycles. The van der Waals surface area contributed by atoms with E-state index in [1.807, 2.05) is 56.0 Å². The van der Waals surface area contributed by atoms with Gasteiger partial charge in [0, 0.05) is 38.2 Å². The topological polar surface area (TPSA) is 78.4 Å². The summed E-state index contributed by atoms with van der Waals surface area (Å²) in [6.45, 7) is 7.89. The number of thioether (sulfide) groups is 1. The van der Waals surface area contributed by atoms with Gasteiger partial charge in [0.1, 0.15) is 11.0 Å². The summed E-state index contributed by atoms with van der Waals surface area (Å²) in [5.74, 6) is 0.995. The third kappa shape index (κ3) is 6.33. The molecule has 2 amide bonds. The van der Waals surface area contributed by atoms with Gasteiger partial charge < -0.3 is 15.1 Å². The Morgan fingerprint density at radius 3 is 2.68 bits per heavy atom. The maximum atomic E-state index is 12.4. The Kier molecular flexibility index (Phi) is 8.15. The van der Waals surface area contributed by atoms with E-state index in [1.165, 1.54) is 11.8 Å². The van der Waals surface area contributed by atoms with Crippen molar-refractivity contribution in [3.8, 4) is 0 Å². The van der Waals surface area contributed by atoms with Crippen molar-refractivity contribution in [2.45, 2.75) is 44.4 Å². The molecule has 0 spiro atoms. The molecule has 0 radical (unpaired) electrons. The molecule has 1 aliphatic rings. The van der Waals surface area contributed by atoms with Gasteiger partial charge in [-0.15, -0.1) is 0 Å². The summed E-state index contributed by atoms with van der Waals surface area (Å²) >= 11 is 7.49. The predicted octanol–water partition coefficient (Wildman–Crippen LogP) is 3.55. The van der Waals surface area contributed by atoms with Crippen LogP contribution in [-0.2, 0) is 9.59 Å². The highest BCUT2D eigenvalue weighted by molar-refractivity contribution is 7.99. The molecule has 1 saturated heterocycles. The van der Waals surface area contributed by atoms with Gasteiger partial charge in [-0.2, -0.15) is 0 Å². The van der Waals surface area contributed by atoms with Gasteiger partial charge in [0.05, 0.1) is 11.8 Å².